The highest BCUT2D eigenvalue weighted by Crippen LogP contribution is 2.09. The molecule has 0 saturated carbocycles. The number of nitrogens with zero attached hydrogens (tertiary/aromatic N) is 1. The van der Waals surface area contributed by atoms with E-state index in [4.69, 9.17) is 5.73 Å². The molecule has 0 spiro atoms. The number of carbonyl (C=O) groups excluding carboxylic acids is 1. The summed E-state index contributed by atoms with van der Waals surface area (Å²) in [6, 6.07) is 7.06. The maximum Gasteiger partial charge on any atom is 0.316 e. The Labute approximate surface area is 83.7 Å². The molecule has 0 radical (unpaired) electrons. The van der Waals surface area contributed by atoms with Crippen molar-refractivity contribution in [2.24, 2.45) is 5.73 Å². The highest BCUT2D eigenvalue weighted by atomic mass is 16.2. The highest BCUT2D eigenvalue weighted by Gasteiger charge is 1.97. The zero-order valence-electron chi connectivity index (χ0n) is 8.45. The van der Waals surface area contributed by atoms with Crippen molar-refractivity contribution in [3.8, 4) is 0 Å². The van der Waals surface area contributed by atoms with Gasteiger partial charge >= 0.3 is 6.03 Å². The molecule has 0 aliphatic carbocycles. The Hall–Kier alpha value is -1.55. The SMILES string of the molecule is CN(C)Cc1ccc(NC(N)=O)cc1. The summed E-state index contributed by atoms with van der Waals surface area (Å²) in [4.78, 5) is 12.6. The summed E-state index contributed by atoms with van der Waals surface area (Å²) in [7, 11) is 4.02. The minimum atomic E-state index is -0.537. The molecule has 76 valence electrons. The van der Waals surface area contributed by atoms with Crippen molar-refractivity contribution in [3.05, 3.63) is 29.8 Å². The van der Waals surface area contributed by atoms with Gasteiger partial charge < -0.3 is 16.0 Å². The normalized spacial score (nSPS) is 10.2. The lowest BCUT2D eigenvalue weighted by Gasteiger charge is -2.09. The second-order valence-corrected chi connectivity index (χ2v) is 3.42. The van der Waals surface area contributed by atoms with Crippen molar-refractivity contribution in [1.82, 2.24) is 4.90 Å². The number of hydrogen-bond acceptors (Lipinski definition) is 2. The van der Waals surface area contributed by atoms with E-state index in [-0.39, 0.29) is 0 Å². The lowest BCUT2D eigenvalue weighted by Crippen LogP contribution is -2.19. The third-order valence-electron chi connectivity index (χ3n) is 1.72. The van der Waals surface area contributed by atoms with Crippen molar-refractivity contribution >= 4 is 11.7 Å². The van der Waals surface area contributed by atoms with Crippen molar-refractivity contribution in [2.75, 3.05) is 19.4 Å². The second-order valence-electron chi connectivity index (χ2n) is 3.42. The largest absolute Gasteiger partial charge is 0.351 e. The van der Waals surface area contributed by atoms with Crippen LogP contribution >= 0.6 is 0 Å². The fraction of sp³-hybridized carbons (Fsp3) is 0.300. The third-order valence-corrected chi connectivity index (χ3v) is 1.72. The van der Waals surface area contributed by atoms with Gasteiger partial charge in [-0.1, -0.05) is 12.1 Å². The van der Waals surface area contributed by atoms with Gasteiger partial charge in [-0.25, -0.2) is 4.79 Å². The number of primary amides is 1. The molecule has 4 nitrogen and oxygen atoms in total. The van der Waals surface area contributed by atoms with E-state index in [1.54, 1.807) is 0 Å². The van der Waals surface area contributed by atoms with Gasteiger partial charge in [-0.2, -0.15) is 0 Å². The van der Waals surface area contributed by atoms with Gasteiger partial charge in [0.05, 0.1) is 0 Å². The molecule has 1 aromatic rings. The van der Waals surface area contributed by atoms with Crippen LogP contribution in [0.25, 0.3) is 0 Å². The Morgan fingerprint density at radius 1 is 1.36 bits per heavy atom. The first-order chi connectivity index (χ1) is 6.58. The minimum Gasteiger partial charge on any atom is -0.351 e. The van der Waals surface area contributed by atoms with Gasteiger partial charge in [-0.15, -0.1) is 0 Å². The molecule has 0 aliphatic rings. The van der Waals surface area contributed by atoms with Crippen molar-refractivity contribution in [1.29, 1.82) is 0 Å². The first-order valence-corrected chi connectivity index (χ1v) is 4.38. The number of anilines is 1. The van der Waals surface area contributed by atoms with E-state index in [9.17, 15) is 4.79 Å². The molecule has 0 heterocycles. The molecule has 0 aliphatic heterocycles. The van der Waals surface area contributed by atoms with Gasteiger partial charge in [-0.3, -0.25) is 0 Å². The summed E-state index contributed by atoms with van der Waals surface area (Å²) < 4.78 is 0. The number of nitrogens with two attached hydrogens (primary N) is 1. The molecule has 0 unspecified atom stereocenters. The van der Waals surface area contributed by atoms with Crippen LogP contribution in [-0.2, 0) is 6.54 Å². The zero-order chi connectivity index (χ0) is 10.6. The Bertz CT molecular complexity index is 306. The summed E-state index contributed by atoms with van der Waals surface area (Å²) >= 11 is 0. The topological polar surface area (TPSA) is 58.4 Å². The van der Waals surface area contributed by atoms with Crippen LogP contribution < -0.4 is 11.1 Å². The predicted molar refractivity (Wildman–Crippen MR) is 57.0 cm³/mol. The minimum absolute atomic E-state index is 0.537. The number of amides is 2. The number of urea groups is 1. The Morgan fingerprint density at radius 3 is 2.36 bits per heavy atom. The zero-order valence-corrected chi connectivity index (χ0v) is 8.45. The predicted octanol–water partition coefficient (Wildman–Crippen LogP) is 1.24. The molecular formula is C10H15N3O. The molecular weight excluding hydrogens is 178 g/mol. The van der Waals surface area contributed by atoms with Crippen molar-refractivity contribution in [3.63, 3.8) is 0 Å². The fourth-order valence-electron chi connectivity index (χ4n) is 1.20. The molecule has 1 rings (SSSR count). The van der Waals surface area contributed by atoms with E-state index in [1.807, 2.05) is 38.4 Å². The average molecular weight is 193 g/mol. The van der Waals surface area contributed by atoms with Crippen LogP contribution in [0.4, 0.5) is 10.5 Å². The van der Waals surface area contributed by atoms with E-state index in [2.05, 4.69) is 10.2 Å². The van der Waals surface area contributed by atoms with Crippen LogP contribution in [0.3, 0.4) is 0 Å². The summed E-state index contributed by atoms with van der Waals surface area (Å²) in [6.07, 6.45) is 0. The first-order valence-electron chi connectivity index (χ1n) is 4.38. The van der Waals surface area contributed by atoms with Gasteiger partial charge in [0, 0.05) is 12.2 Å². The standard InChI is InChI=1S/C10H15N3O/c1-13(2)7-8-3-5-9(6-4-8)12-10(11)14/h3-6H,7H2,1-2H3,(H3,11,12,14). The van der Waals surface area contributed by atoms with Gasteiger partial charge in [0.1, 0.15) is 0 Å². The Morgan fingerprint density at radius 2 is 1.93 bits per heavy atom. The highest BCUT2D eigenvalue weighted by molar-refractivity contribution is 5.87. The summed E-state index contributed by atoms with van der Waals surface area (Å²) in [5, 5.41) is 2.51. The molecule has 2 amide bonds. The summed E-state index contributed by atoms with van der Waals surface area (Å²) in [5.41, 5.74) is 6.91. The van der Waals surface area contributed by atoms with Gasteiger partial charge in [-0.05, 0) is 31.8 Å². The van der Waals surface area contributed by atoms with Crippen molar-refractivity contribution in [2.45, 2.75) is 6.54 Å². The molecule has 3 N–H and O–H groups in total. The third kappa shape index (κ3) is 3.45. The van der Waals surface area contributed by atoms with Gasteiger partial charge in [0.25, 0.3) is 0 Å². The lowest BCUT2D eigenvalue weighted by molar-refractivity contribution is 0.259. The molecule has 4 heteroatoms. The Balaban J connectivity index is 2.63. The number of carbonyl (C=O) groups is 1. The first kappa shape index (κ1) is 10.5. The molecule has 1 aromatic carbocycles. The van der Waals surface area contributed by atoms with Gasteiger partial charge in [0.15, 0.2) is 0 Å². The molecule has 0 bridgehead atoms. The smallest absolute Gasteiger partial charge is 0.316 e. The number of benzene rings is 1. The van der Waals surface area contributed by atoms with E-state index in [0.29, 0.717) is 0 Å². The number of rotatable bonds is 3. The summed E-state index contributed by atoms with van der Waals surface area (Å²) in [5.74, 6) is 0. The maximum atomic E-state index is 10.5. The monoisotopic (exact) mass is 193 g/mol. The lowest BCUT2D eigenvalue weighted by atomic mass is 10.2. The average Bonchev–Trinajstić information content (AvgIpc) is 2.06. The van der Waals surface area contributed by atoms with E-state index >= 15 is 0 Å². The van der Waals surface area contributed by atoms with E-state index in [0.717, 1.165) is 12.2 Å². The Kier molecular flexibility index (Phi) is 3.48. The van der Waals surface area contributed by atoms with Gasteiger partial charge in [0.2, 0.25) is 0 Å². The molecule has 0 fully saturated rings. The molecule has 14 heavy (non-hydrogen) atoms. The van der Waals surface area contributed by atoms with Crippen LogP contribution in [0, 0.1) is 0 Å². The van der Waals surface area contributed by atoms with E-state index in [1.165, 1.54) is 5.56 Å². The number of hydrogen-bond donors (Lipinski definition) is 2. The van der Waals surface area contributed by atoms with Crippen LogP contribution in [0.5, 0.6) is 0 Å². The molecule has 0 saturated heterocycles. The fourth-order valence-corrected chi connectivity index (χ4v) is 1.20. The summed E-state index contributed by atoms with van der Waals surface area (Å²) in [6.45, 7) is 0.886. The quantitative estimate of drug-likeness (QED) is 0.758. The number of nitrogens with one attached hydrogen (secondary N) is 1. The van der Waals surface area contributed by atoms with Crippen molar-refractivity contribution < 1.29 is 4.79 Å². The van der Waals surface area contributed by atoms with Crippen LogP contribution in [0.2, 0.25) is 0 Å². The molecule has 0 aromatic heterocycles. The van der Waals surface area contributed by atoms with Crippen LogP contribution in [0.1, 0.15) is 5.56 Å². The van der Waals surface area contributed by atoms with Crippen LogP contribution in [0.15, 0.2) is 24.3 Å². The maximum absolute atomic E-state index is 10.5. The second kappa shape index (κ2) is 4.62. The van der Waals surface area contributed by atoms with Crippen LogP contribution in [-0.4, -0.2) is 25.0 Å². The molecule has 0 atom stereocenters. The van der Waals surface area contributed by atoms with E-state index < -0.39 is 6.03 Å².